The minimum Gasteiger partial charge on any atom is -0.396 e. The first kappa shape index (κ1) is 13.9. The first-order chi connectivity index (χ1) is 7.61. The Morgan fingerprint density at radius 1 is 1.31 bits per heavy atom. The third-order valence-electron chi connectivity index (χ3n) is 3.21. The first-order valence-corrected chi connectivity index (χ1v) is 7.83. The molecule has 1 rings (SSSR count). The zero-order valence-electron chi connectivity index (χ0n) is 10.1. The maximum Gasteiger partial charge on any atom is 0.214 e. The summed E-state index contributed by atoms with van der Waals surface area (Å²) in [5, 5.41) is 8.72. The van der Waals surface area contributed by atoms with Gasteiger partial charge in [-0.1, -0.05) is 19.8 Å². The van der Waals surface area contributed by atoms with E-state index in [0.717, 1.165) is 32.1 Å². The maximum atomic E-state index is 12.1. The van der Waals surface area contributed by atoms with E-state index >= 15 is 0 Å². The Morgan fingerprint density at radius 2 is 2.06 bits per heavy atom. The van der Waals surface area contributed by atoms with Crippen LogP contribution in [0.2, 0.25) is 0 Å². The molecule has 5 heteroatoms. The lowest BCUT2D eigenvalue weighted by atomic mass is 10.1. The predicted molar refractivity (Wildman–Crippen MR) is 64.7 cm³/mol. The highest BCUT2D eigenvalue weighted by atomic mass is 32.2. The average molecular weight is 249 g/mol. The summed E-state index contributed by atoms with van der Waals surface area (Å²) in [5.41, 5.74) is 0. The normalized spacial score (nSPS) is 24.2. The molecule has 0 aliphatic carbocycles. The Bertz CT molecular complexity index is 290. The van der Waals surface area contributed by atoms with Gasteiger partial charge in [0.15, 0.2) is 0 Å². The van der Waals surface area contributed by atoms with Crippen LogP contribution >= 0.6 is 0 Å². The molecule has 0 saturated carbocycles. The van der Waals surface area contributed by atoms with Gasteiger partial charge in [0.2, 0.25) is 10.0 Å². The van der Waals surface area contributed by atoms with Crippen molar-refractivity contribution in [3.05, 3.63) is 0 Å². The third kappa shape index (κ3) is 3.71. The van der Waals surface area contributed by atoms with Crippen LogP contribution in [0.25, 0.3) is 0 Å². The summed E-state index contributed by atoms with van der Waals surface area (Å²) >= 11 is 0. The Kier molecular flexibility index (Phi) is 5.72. The van der Waals surface area contributed by atoms with Gasteiger partial charge in [-0.3, -0.25) is 0 Å². The summed E-state index contributed by atoms with van der Waals surface area (Å²) in [4.78, 5) is 0. The van der Waals surface area contributed by atoms with Crippen molar-refractivity contribution in [2.75, 3.05) is 18.9 Å². The first-order valence-electron chi connectivity index (χ1n) is 6.22. The summed E-state index contributed by atoms with van der Waals surface area (Å²) in [6.07, 6.45) is 5.43. The molecule has 4 nitrogen and oxygen atoms in total. The van der Waals surface area contributed by atoms with Crippen molar-refractivity contribution >= 4 is 10.0 Å². The predicted octanol–water partition coefficient (Wildman–Crippen LogP) is 1.35. The summed E-state index contributed by atoms with van der Waals surface area (Å²) in [7, 11) is -3.16. The zero-order chi connectivity index (χ0) is 12.0. The van der Waals surface area contributed by atoms with Gasteiger partial charge in [0.25, 0.3) is 0 Å². The Balaban J connectivity index is 2.72. The van der Waals surface area contributed by atoms with Crippen molar-refractivity contribution in [1.82, 2.24) is 4.31 Å². The van der Waals surface area contributed by atoms with Crippen molar-refractivity contribution < 1.29 is 13.5 Å². The molecular weight excluding hydrogens is 226 g/mol. The number of nitrogens with zero attached hydrogens (tertiary/aromatic N) is 1. The lowest BCUT2D eigenvalue weighted by Gasteiger charge is -2.28. The minimum atomic E-state index is -3.16. The third-order valence-corrected chi connectivity index (χ3v) is 5.21. The Labute approximate surface area is 98.7 Å². The molecule has 1 N–H and O–H groups in total. The molecule has 96 valence electrons. The molecular formula is C11H23NO3S. The topological polar surface area (TPSA) is 57.6 Å². The second kappa shape index (κ2) is 6.57. The number of rotatable bonds is 5. The van der Waals surface area contributed by atoms with Gasteiger partial charge >= 0.3 is 0 Å². The molecule has 16 heavy (non-hydrogen) atoms. The molecule has 1 saturated heterocycles. The fourth-order valence-corrected chi connectivity index (χ4v) is 4.13. The van der Waals surface area contributed by atoms with Crippen LogP contribution < -0.4 is 0 Å². The summed E-state index contributed by atoms with van der Waals surface area (Å²) < 4.78 is 25.8. The standard InChI is InChI=1S/C11H23NO3S/c1-2-11-7-4-3-5-8-12(11)16(14,15)10-6-9-13/h11,13H,2-10H2,1H3. The SMILES string of the molecule is CCC1CCCCCN1S(=O)(=O)CCCO. The lowest BCUT2D eigenvalue weighted by molar-refractivity contribution is 0.288. The zero-order valence-corrected chi connectivity index (χ0v) is 10.9. The number of sulfonamides is 1. The molecule has 0 spiro atoms. The quantitative estimate of drug-likeness (QED) is 0.800. The van der Waals surface area contributed by atoms with Gasteiger partial charge in [0.05, 0.1) is 5.75 Å². The molecule has 1 unspecified atom stereocenters. The van der Waals surface area contributed by atoms with Gasteiger partial charge in [0.1, 0.15) is 0 Å². The minimum absolute atomic E-state index is 0.0517. The van der Waals surface area contributed by atoms with Gasteiger partial charge in [-0.2, -0.15) is 4.31 Å². The average Bonchev–Trinajstić information content (AvgIpc) is 2.51. The van der Waals surface area contributed by atoms with Crippen molar-refractivity contribution in [2.45, 2.75) is 51.5 Å². The van der Waals surface area contributed by atoms with Crippen LogP contribution in [0.1, 0.15) is 45.4 Å². The van der Waals surface area contributed by atoms with Crippen molar-refractivity contribution in [1.29, 1.82) is 0 Å². The van der Waals surface area contributed by atoms with E-state index in [1.54, 1.807) is 4.31 Å². The fraction of sp³-hybridized carbons (Fsp3) is 1.00. The van der Waals surface area contributed by atoms with E-state index in [9.17, 15) is 8.42 Å². The van der Waals surface area contributed by atoms with Gasteiger partial charge < -0.3 is 5.11 Å². The van der Waals surface area contributed by atoms with Crippen LogP contribution in [-0.4, -0.2) is 42.8 Å². The van der Waals surface area contributed by atoms with Crippen LogP contribution in [0, 0.1) is 0 Å². The van der Waals surface area contributed by atoms with Crippen LogP contribution in [0.5, 0.6) is 0 Å². The number of aliphatic hydroxyl groups excluding tert-OH is 1. The molecule has 0 aromatic rings. The van der Waals surface area contributed by atoms with E-state index in [1.165, 1.54) is 0 Å². The highest BCUT2D eigenvalue weighted by molar-refractivity contribution is 7.89. The molecule has 0 aromatic heterocycles. The molecule has 1 atom stereocenters. The largest absolute Gasteiger partial charge is 0.396 e. The number of aliphatic hydroxyl groups is 1. The molecule has 1 aliphatic rings. The van der Waals surface area contributed by atoms with E-state index in [-0.39, 0.29) is 18.4 Å². The van der Waals surface area contributed by atoms with E-state index in [1.807, 2.05) is 6.92 Å². The van der Waals surface area contributed by atoms with Crippen LogP contribution in [-0.2, 0) is 10.0 Å². The molecule has 0 radical (unpaired) electrons. The Morgan fingerprint density at radius 3 is 2.69 bits per heavy atom. The molecule has 0 bridgehead atoms. The summed E-state index contributed by atoms with van der Waals surface area (Å²) in [6.45, 7) is 2.65. The molecule has 0 aromatic carbocycles. The highest BCUT2D eigenvalue weighted by Gasteiger charge is 2.29. The summed E-state index contributed by atoms with van der Waals surface area (Å²) in [6, 6.07) is 0.172. The summed E-state index contributed by atoms with van der Waals surface area (Å²) in [5.74, 6) is 0.0833. The van der Waals surface area contributed by atoms with E-state index in [0.29, 0.717) is 13.0 Å². The second-order valence-corrected chi connectivity index (χ2v) is 6.46. The molecule has 1 heterocycles. The van der Waals surface area contributed by atoms with Gasteiger partial charge in [-0.15, -0.1) is 0 Å². The Hall–Kier alpha value is -0.130. The lowest BCUT2D eigenvalue weighted by Crippen LogP contribution is -2.41. The monoisotopic (exact) mass is 249 g/mol. The van der Waals surface area contributed by atoms with Gasteiger partial charge in [-0.25, -0.2) is 8.42 Å². The van der Waals surface area contributed by atoms with Crippen LogP contribution in [0.3, 0.4) is 0 Å². The highest BCUT2D eigenvalue weighted by Crippen LogP contribution is 2.22. The maximum absolute atomic E-state index is 12.1. The molecule has 1 aliphatic heterocycles. The van der Waals surface area contributed by atoms with Crippen LogP contribution in [0.4, 0.5) is 0 Å². The van der Waals surface area contributed by atoms with Crippen LogP contribution in [0.15, 0.2) is 0 Å². The van der Waals surface area contributed by atoms with E-state index in [4.69, 9.17) is 5.11 Å². The van der Waals surface area contributed by atoms with Gasteiger partial charge in [-0.05, 0) is 25.7 Å². The number of hydrogen-bond acceptors (Lipinski definition) is 3. The molecule has 0 amide bonds. The van der Waals surface area contributed by atoms with Crippen molar-refractivity contribution in [3.8, 4) is 0 Å². The van der Waals surface area contributed by atoms with E-state index < -0.39 is 10.0 Å². The van der Waals surface area contributed by atoms with Gasteiger partial charge in [0, 0.05) is 19.2 Å². The van der Waals surface area contributed by atoms with Crippen molar-refractivity contribution in [2.24, 2.45) is 0 Å². The number of hydrogen-bond donors (Lipinski definition) is 1. The smallest absolute Gasteiger partial charge is 0.214 e. The van der Waals surface area contributed by atoms with E-state index in [2.05, 4.69) is 0 Å². The van der Waals surface area contributed by atoms with Crippen molar-refractivity contribution in [3.63, 3.8) is 0 Å². The second-order valence-electron chi connectivity index (χ2n) is 4.42. The molecule has 1 fully saturated rings. The fourth-order valence-electron chi connectivity index (χ4n) is 2.29.